The van der Waals surface area contributed by atoms with Gasteiger partial charge in [-0.05, 0) is 86.6 Å². The number of nitrogens with one attached hydrogen (secondary N) is 1. The van der Waals surface area contributed by atoms with Crippen molar-refractivity contribution in [2.24, 2.45) is 35.0 Å². The van der Waals surface area contributed by atoms with Crippen molar-refractivity contribution in [2.45, 2.75) is 105 Å². The molecule has 8 nitrogen and oxygen atoms in total. The Morgan fingerprint density at radius 2 is 1.81 bits per heavy atom. The van der Waals surface area contributed by atoms with Gasteiger partial charge in [-0.3, -0.25) is 14.5 Å². The van der Waals surface area contributed by atoms with Crippen molar-refractivity contribution >= 4 is 5.91 Å². The van der Waals surface area contributed by atoms with Crippen molar-refractivity contribution in [3.8, 4) is 5.75 Å². The highest BCUT2D eigenvalue weighted by Gasteiger charge is 2.57. The van der Waals surface area contributed by atoms with E-state index in [0.29, 0.717) is 48.3 Å². The van der Waals surface area contributed by atoms with Crippen LogP contribution < -0.4 is 10.1 Å². The number of aliphatic hydroxyl groups is 1. The fraction of sp³-hybridized carbons (Fsp3) is 0.675. The van der Waals surface area contributed by atoms with E-state index in [1.165, 1.54) is 17.5 Å². The van der Waals surface area contributed by atoms with Crippen LogP contribution in [0.1, 0.15) is 77.5 Å². The lowest BCUT2D eigenvalue weighted by molar-refractivity contribution is -0.161. The summed E-state index contributed by atoms with van der Waals surface area (Å²) in [6.45, 7) is 16.8. The minimum absolute atomic E-state index is 0.0197. The highest BCUT2D eigenvalue weighted by molar-refractivity contribution is 5.82. The van der Waals surface area contributed by atoms with Crippen LogP contribution in [0.4, 0.5) is 0 Å². The van der Waals surface area contributed by atoms with Crippen molar-refractivity contribution in [1.82, 2.24) is 20.2 Å². The zero-order chi connectivity index (χ0) is 34.7. The van der Waals surface area contributed by atoms with Crippen molar-refractivity contribution in [1.29, 1.82) is 0 Å². The quantitative estimate of drug-likeness (QED) is 0.243. The topological polar surface area (TPSA) is 77.5 Å². The first-order valence-corrected chi connectivity index (χ1v) is 18.2. The lowest BCUT2D eigenvalue weighted by atomic mass is 9.45. The van der Waals surface area contributed by atoms with Crippen LogP contribution in [0.5, 0.6) is 5.75 Å². The van der Waals surface area contributed by atoms with Gasteiger partial charge in [0.15, 0.2) is 0 Å². The van der Waals surface area contributed by atoms with Crippen LogP contribution in [0, 0.1) is 35.0 Å². The van der Waals surface area contributed by atoms with Crippen molar-refractivity contribution in [2.75, 3.05) is 34.4 Å². The van der Waals surface area contributed by atoms with E-state index in [1.807, 2.05) is 17.2 Å². The Labute approximate surface area is 290 Å². The zero-order valence-electron chi connectivity index (χ0n) is 31.0. The molecule has 0 spiro atoms. The molecule has 4 fully saturated rings. The number of amides is 1. The van der Waals surface area contributed by atoms with Gasteiger partial charge in [-0.2, -0.15) is 5.06 Å². The number of fused-ring (bicyclic) bond motifs is 2. The molecular weight excluding hydrogens is 600 g/mol. The van der Waals surface area contributed by atoms with E-state index >= 15 is 0 Å². The van der Waals surface area contributed by atoms with Gasteiger partial charge in [-0.1, -0.05) is 77.1 Å². The molecule has 4 aliphatic rings. The van der Waals surface area contributed by atoms with Crippen LogP contribution in [0.25, 0.3) is 0 Å². The Morgan fingerprint density at radius 1 is 1.08 bits per heavy atom. The first-order valence-electron chi connectivity index (χ1n) is 18.2. The number of hydrogen-bond donors (Lipinski definition) is 2. The second-order valence-corrected chi connectivity index (χ2v) is 16.4. The number of aliphatic hydroxyl groups excluding tert-OH is 1. The molecule has 2 aromatic carbocycles. The Balaban J connectivity index is 1.33. The number of likely N-dealkylation sites (N-methyl/N-ethyl adjacent to an activating group) is 1. The van der Waals surface area contributed by atoms with Crippen LogP contribution >= 0.6 is 0 Å². The van der Waals surface area contributed by atoms with Crippen LogP contribution in [-0.2, 0) is 29.3 Å². The van der Waals surface area contributed by atoms with Crippen LogP contribution in [0.2, 0.25) is 0 Å². The number of nitrogens with zero attached hydrogens (tertiary/aromatic N) is 3. The molecule has 1 aliphatic heterocycles. The summed E-state index contributed by atoms with van der Waals surface area (Å²) in [5, 5.41) is 16.0. The average molecular weight is 663 g/mol. The van der Waals surface area contributed by atoms with Gasteiger partial charge < -0.3 is 20.1 Å². The molecule has 0 radical (unpaired) electrons. The number of carbonyl (C=O) groups is 1. The number of benzene rings is 2. The Kier molecular flexibility index (Phi) is 11.9. The predicted molar refractivity (Wildman–Crippen MR) is 192 cm³/mol. The molecule has 1 heterocycles. The Hall–Kier alpha value is -2.49. The maximum absolute atomic E-state index is 14.0. The zero-order valence-corrected chi connectivity index (χ0v) is 31.0. The lowest BCUT2D eigenvalue weighted by Gasteiger charge is -2.62. The summed E-state index contributed by atoms with van der Waals surface area (Å²) in [6, 6.07) is 17.0. The fourth-order valence-electron chi connectivity index (χ4n) is 8.96. The summed E-state index contributed by atoms with van der Waals surface area (Å²) in [5.74, 6) is 2.93. The Morgan fingerprint density at radius 3 is 2.46 bits per heavy atom. The van der Waals surface area contributed by atoms with E-state index in [1.54, 1.807) is 14.0 Å². The first-order chi connectivity index (χ1) is 22.8. The number of hydrogen-bond acceptors (Lipinski definition) is 7. The summed E-state index contributed by atoms with van der Waals surface area (Å²) in [5.41, 5.74) is 3.86. The summed E-state index contributed by atoms with van der Waals surface area (Å²) in [4.78, 5) is 25.0. The molecule has 2 aromatic rings. The molecule has 2 N–H and O–H groups in total. The second-order valence-electron chi connectivity index (χ2n) is 16.4. The number of para-hydroxylation sites is 1. The molecule has 6 rings (SSSR count). The number of carbonyl (C=O) groups excluding carboxylic acids is 1. The highest BCUT2D eigenvalue weighted by Crippen LogP contribution is 2.61. The van der Waals surface area contributed by atoms with Crippen molar-refractivity contribution < 1.29 is 19.5 Å². The largest absolute Gasteiger partial charge is 0.496 e. The molecule has 48 heavy (non-hydrogen) atoms. The molecule has 8 heteroatoms. The SMILES string of the molecule is COc1ccccc1CN(Cc1cccc(CN2OC[C@@H]([C@H](C)O)[C@H]2C(=O)N[C@H]2C[C@H]3C[C@@H]([C@@H]2C)C3(C)C)c1)[C@@H](CC(C)C)CN(C)C. The standard InChI is InChI=1S/C40H62N4O4/c1-26(2)17-33(24-42(7)8)43(23-31-15-10-11-16-37(31)47-9)21-29-13-12-14-30(18-29)22-44-38(34(25-48-44)28(4)45)39(46)41-36-20-32-19-35(27(36)3)40(32,5)6/h10-16,18,26-28,32-36,38,45H,17,19-25H2,1-9H3,(H,41,46)/t27-,28-,32+,33-,34-,35-,36-,38-/m0/s1. The summed E-state index contributed by atoms with van der Waals surface area (Å²) >= 11 is 0. The van der Waals surface area contributed by atoms with E-state index in [2.05, 4.69) is 100 Å². The van der Waals surface area contributed by atoms with Gasteiger partial charge in [0.05, 0.1) is 26.4 Å². The number of methoxy groups -OCH3 is 1. The summed E-state index contributed by atoms with van der Waals surface area (Å²) < 4.78 is 5.75. The van der Waals surface area contributed by atoms with E-state index in [4.69, 9.17) is 9.57 Å². The molecule has 266 valence electrons. The molecule has 8 atom stereocenters. The van der Waals surface area contributed by atoms with Crippen molar-refractivity contribution in [3.05, 3.63) is 65.2 Å². The van der Waals surface area contributed by atoms with Gasteiger partial charge in [0.25, 0.3) is 0 Å². The van der Waals surface area contributed by atoms with Crippen LogP contribution in [0.3, 0.4) is 0 Å². The second kappa shape index (κ2) is 15.6. The van der Waals surface area contributed by atoms with Crippen molar-refractivity contribution in [3.63, 3.8) is 0 Å². The smallest absolute Gasteiger partial charge is 0.240 e. The Bertz CT molecular complexity index is 1350. The third kappa shape index (κ3) is 8.27. The summed E-state index contributed by atoms with van der Waals surface area (Å²) in [7, 11) is 6.04. The number of ether oxygens (including phenoxy) is 1. The monoisotopic (exact) mass is 662 g/mol. The number of rotatable bonds is 15. The van der Waals surface area contributed by atoms with Crippen LogP contribution in [-0.4, -0.2) is 84.5 Å². The maximum atomic E-state index is 14.0. The van der Waals surface area contributed by atoms with Gasteiger partial charge in [0, 0.05) is 43.2 Å². The molecule has 1 amide bonds. The lowest BCUT2D eigenvalue weighted by Crippen LogP contribution is -2.62. The first kappa shape index (κ1) is 36.8. The van der Waals surface area contributed by atoms with E-state index in [0.717, 1.165) is 43.8 Å². The van der Waals surface area contributed by atoms with Crippen LogP contribution in [0.15, 0.2) is 48.5 Å². The molecule has 3 aliphatic carbocycles. The van der Waals surface area contributed by atoms with Gasteiger partial charge in [0.1, 0.15) is 11.8 Å². The van der Waals surface area contributed by atoms with Gasteiger partial charge in [0.2, 0.25) is 5.91 Å². The molecule has 0 unspecified atom stereocenters. The maximum Gasteiger partial charge on any atom is 0.240 e. The minimum Gasteiger partial charge on any atom is -0.496 e. The summed E-state index contributed by atoms with van der Waals surface area (Å²) in [6.07, 6.45) is 2.74. The highest BCUT2D eigenvalue weighted by atomic mass is 16.7. The normalized spacial score (nSPS) is 28.0. The molecule has 3 saturated carbocycles. The van der Waals surface area contributed by atoms with Gasteiger partial charge in [-0.15, -0.1) is 0 Å². The molecule has 1 saturated heterocycles. The van der Waals surface area contributed by atoms with E-state index < -0.39 is 12.1 Å². The average Bonchev–Trinajstić information content (AvgIpc) is 3.45. The minimum atomic E-state index is -0.647. The number of hydroxylamine groups is 2. The molecule has 0 aromatic heterocycles. The fourth-order valence-corrected chi connectivity index (χ4v) is 8.96. The third-order valence-corrected chi connectivity index (χ3v) is 11.8. The third-order valence-electron chi connectivity index (χ3n) is 11.8. The van der Waals surface area contributed by atoms with E-state index in [-0.39, 0.29) is 17.9 Å². The predicted octanol–water partition coefficient (Wildman–Crippen LogP) is 5.97. The van der Waals surface area contributed by atoms with Gasteiger partial charge in [-0.25, -0.2) is 0 Å². The van der Waals surface area contributed by atoms with Gasteiger partial charge >= 0.3 is 0 Å². The molecule has 2 bridgehead atoms. The molecular formula is C40H62N4O4. The van der Waals surface area contributed by atoms with E-state index in [9.17, 15) is 9.90 Å².